The van der Waals surface area contributed by atoms with Crippen molar-refractivity contribution in [2.75, 3.05) is 29.5 Å². The molecule has 0 aliphatic carbocycles. The summed E-state index contributed by atoms with van der Waals surface area (Å²) in [5.74, 6) is 0.539. The second-order valence-electron chi connectivity index (χ2n) is 4.91. The van der Waals surface area contributed by atoms with E-state index in [9.17, 15) is 8.42 Å². The molecule has 1 fully saturated rings. The Balaban J connectivity index is 2.23. The smallest absolute Gasteiger partial charge is 0.152 e. The van der Waals surface area contributed by atoms with Crippen molar-refractivity contribution >= 4 is 21.4 Å². The Bertz CT molecular complexity index is 596. The number of nitrogens with two attached hydrogens (primary N) is 1. The normalized spacial score (nSPS) is 18.9. The van der Waals surface area contributed by atoms with E-state index in [-0.39, 0.29) is 17.3 Å². The van der Waals surface area contributed by atoms with Crippen LogP contribution in [0.4, 0.5) is 5.69 Å². The number of benzene rings is 1. The van der Waals surface area contributed by atoms with Gasteiger partial charge in [-0.15, -0.1) is 0 Å². The number of hydrogen-bond acceptors (Lipinski definition) is 4. The molecule has 104 valence electrons. The predicted molar refractivity (Wildman–Crippen MR) is 77.7 cm³/mol. The quantitative estimate of drug-likeness (QED) is 0.623. The molecule has 5 nitrogen and oxygen atoms in total. The number of hydrogen-bond donors (Lipinski definition) is 2. The molecule has 1 aromatic carbocycles. The molecule has 0 amide bonds. The third kappa shape index (κ3) is 3.26. The Labute approximate surface area is 113 Å². The highest BCUT2D eigenvalue weighted by Crippen LogP contribution is 2.21. The summed E-state index contributed by atoms with van der Waals surface area (Å²) in [4.78, 5) is 2.08. The van der Waals surface area contributed by atoms with E-state index in [1.54, 1.807) is 0 Å². The molecular weight excluding hydrogens is 262 g/mol. The van der Waals surface area contributed by atoms with Crippen LogP contribution >= 0.6 is 0 Å². The van der Waals surface area contributed by atoms with Gasteiger partial charge in [0.1, 0.15) is 5.84 Å². The van der Waals surface area contributed by atoms with Gasteiger partial charge in [0, 0.05) is 24.3 Å². The van der Waals surface area contributed by atoms with E-state index < -0.39 is 9.84 Å². The Morgan fingerprint density at radius 2 is 2.05 bits per heavy atom. The number of nitrogens with zero attached hydrogens (tertiary/aromatic N) is 1. The molecule has 19 heavy (non-hydrogen) atoms. The first-order chi connectivity index (χ1) is 8.89. The van der Waals surface area contributed by atoms with E-state index in [0.29, 0.717) is 13.0 Å². The summed E-state index contributed by atoms with van der Waals surface area (Å²) < 4.78 is 23.2. The first kappa shape index (κ1) is 13.9. The third-order valence-electron chi connectivity index (χ3n) is 3.42. The summed E-state index contributed by atoms with van der Waals surface area (Å²) in [7, 11) is -2.89. The average Bonchev–Trinajstić information content (AvgIpc) is 2.49. The minimum atomic E-state index is -2.89. The van der Waals surface area contributed by atoms with Gasteiger partial charge < -0.3 is 10.6 Å². The van der Waals surface area contributed by atoms with Crippen LogP contribution in [0.3, 0.4) is 0 Å². The van der Waals surface area contributed by atoms with Crippen molar-refractivity contribution in [3.05, 3.63) is 29.3 Å². The Morgan fingerprint density at radius 1 is 1.32 bits per heavy atom. The number of aryl methyl sites for hydroxylation is 1. The van der Waals surface area contributed by atoms with E-state index in [2.05, 4.69) is 4.90 Å². The third-order valence-corrected chi connectivity index (χ3v) is 5.14. The van der Waals surface area contributed by atoms with Crippen molar-refractivity contribution in [1.29, 1.82) is 5.41 Å². The average molecular weight is 281 g/mol. The van der Waals surface area contributed by atoms with Gasteiger partial charge in [0.05, 0.1) is 11.5 Å². The van der Waals surface area contributed by atoms with Crippen LogP contribution in [-0.4, -0.2) is 38.8 Å². The SMILES string of the molecule is Cc1cc(N2CCCS(=O)(=O)CC2)ccc1C(=N)N. The lowest BCUT2D eigenvalue weighted by molar-refractivity contribution is 0.597. The molecule has 1 aliphatic rings. The maximum atomic E-state index is 11.6. The van der Waals surface area contributed by atoms with Crippen LogP contribution in [0.25, 0.3) is 0 Å². The Hall–Kier alpha value is -1.56. The van der Waals surface area contributed by atoms with Crippen LogP contribution in [0.15, 0.2) is 18.2 Å². The molecule has 0 spiro atoms. The molecule has 1 heterocycles. The number of nitrogens with one attached hydrogen (secondary N) is 1. The van der Waals surface area contributed by atoms with E-state index in [4.69, 9.17) is 11.1 Å². The second kappa shape index (κ2) is 5.21. The lowest BCUT2D eigenvalue weighted by Crippen LogP contribution is -2.27. The zero-order valence-corrected chi connectivity index (χ0v) is 11.8. The van der Waals surface area contributed by atoms with Gasteiger partial charge in [0.25, 0.3) is 0 Å². The molecule has 1 aliphatic heterocycles. The van der Waals surface area contributed by atoms with Crippen molar-refractivity contribution in [2.45, 2.75) is 13.3 Å². The van der Waals surface area contributed by atoms with Gasteiger partial charge >= 0.3 is 0 Å². The monoisotopic (exact) mass is 281 g/mol. The number of anilines is 1. The molecule has 0 radical (unpaired) electrons. The van der Waals surface area contributed by atoms with Crippen LogP contribution in [0.2, 0.25) is 0 Å². The van der Waals surface area contributed by atoms with Crippen molar-refractivity contribution in [3.8, 4) is 0 Å². The fourth-order valence-corrected chi connectivity index (χ4v) is 3.62. The zero-order valence-electron chi connectivity index (χ0n) is 11.0. The number of sulfone groups is 1. The summed E-state index contributed by atoms with van der Waals surface area (Å²) in [5.41, 5.74) is 8.16. The number of nitrogen functional groups attached to an aromatic ring is 1. The minimum Gasteiger partial charge on any atom is -0.384 e. The highest BCUT2D eigenvalue weighted by atomic mass is 32.2. The van der Waals surface area contributed by atoms with Crippen LogP contribution in [0.1, 0.15) is 17.5 Å². The van der Waals surface area contributed by atoms with Gasteiger partial charge in [-0.25, -0.2) is 8.42 Å². The molecule has 1 saturated heterocycles. The van der Waals surface area contributed by atoms with Crippen LogP contribution in [0, 0.1) is 12.3 Å². The lowest BCUT2D eigenvalue weighted by Gasteiger charge is -2.23. The van der Waals surface area contributed by atoms with Crippen molar-refractivity contribution in [2.24, 2.45) is 5.73 Å². The highest BCUT2D eigenvalue weighted by molar-refractivity contribution is 7.91. The number of amidine groups is 1. The van der Waals surface area contributed by atoms with E-state index in [1.807, 2.05) is 25.1 Å². The van der Waals surface area contributed by atoms with Gasteiger partial charge in [-0.2, -0.15) is 0 Å². The molecule has 0 unspecified atom stereocenters. The summed E-state index contributed by atoms with van der Waals surface area (Å²) in [6, 6.07) is 5.70. The molecule has 3 N–H and O–H groups in total. The molecule has 2 rings (SSSR count). The molecule has 0 saturated carbocycles. The van der Waals surface area contributed by atoms with Crippen LogP contribution in [-0.2, 0) is 9.84 Å². The second-order valence-corrected chi connectivity index (χ2v) is 7.21. The maximum absolute atomic E-state index is 11.6. The summed E-state index contributed by atoms with van der Waals surface area (Å²) in [6.07, 6.45) is 0.663. The summed E-state index contributed by atoms with van der Waals surface area (Å²) in [5, 5.41) is 7.46. The largest absolute Gasteiger partial charge is 0.384 e. The van der Waals surface area contributed by atoms with Gasteiger partial charge in [-0.1, -0.05) is 0 Å². The van der Waals surface area contributed by atoms with Crippen LogP contribution < -0.4 is 10.6 Å². The zero-order chi connectivity index (χ0) is 14.0. The first-order valence-electron chi connectivity index (χ1n) is 6.29. The summed E-state index contributed by atoms with van der Waals surface area (Å²) in [6.45, 7) is 3.19. The van der Waals surface area contributed by atoms with Gasteiger partial charge in [-0.05, 0) is 37.1 Å². The van der Waals surface area contributed by atoms with Crippen molar-refractivity contribution < 1.29 is 8.42 Å². The Morgan fingerprint density at radius 3 is 2.68 bits per heavy atom. The molecule has 1 aromatic rings. The van der Waals surface area contributed by atoms with Gasteiger partial charge in [0.2, 0.25) is 0 Å². The van der Waals surface area contributed by atoms with E-state index in [0.717, 1.165) is 23.4 Å². The number of rotatable bonds is 2. The summed E-state index contributed by atoms with van der Waals surface area (Å²) >= 11 is 0. The van der Waals surface area contributed by atoms with Crippen molar-refractivity contribution in [1.82, 2.24) is 0 Å². The fraction of sp³-hybridized carbons (Fsp3) is 0.462. The van der Waals surface area contributed by atoms with Gasteiger partial charge in [-0.3, -0.25) is 5.41 Å². The predicted octanol–water partition coefficient (Wildman–Crippen LogP) is 0.904. The first-order valence-corrected chi connectivity index (χ1v) is 8.11. The standard InChI is InChI=1S/C13H19N3O2S/c1-10-9-11(3-4-12(10)13(14)15)16-5-2-7-19(17,18)8-6-16/h3-4,9H,2,5-8H2,1H3,(H3,14,15). The fourth-order valence-electron chi connectivity index (χ4n) is 2.34. The van der Waals surface area contributed by atoms with E-state index >= 15 is 0 Å². The topological polar surface area (TPSA) is 87.2 Å². The molecular formula is C13H19N3O2S. The minimum absolute atomic E-state index is 0.0579. The molecule has 6 heteroatoms. The lowest BCUT2D eigenvalue weighted by atomic mass is 10.1. The van der Waals surface area contributed by atoms with Crippen molar-refractivity contribution in [3.63, 3.8) is 0 Å². The molecule has 0 aromatic heterocycles. The maximum Gasteiger partial charge on any atom is 0.152 e. The molecule has 0 bridgehead atoms. The van der Waals surface area contributed by atoms with Crippen LogP contribution in [0.5, 0.6) is 0 Å². The molecule has 0 atom stereocenters. The highest BCUT2D eigenvalue weighted by Gasteiger charge is 2.19. The Kier molecular flexibility index (Phi) is 3.80. The van der Waals surface area contributed by atoms with Gasteiger partial charge in [0.15, 0.2) is 9.84 Å². The van der Waals surface area contributed by atoms with E-state index in [1.165, 1.54) is 0 Å².